The first kappa shape index (κ1) is 9.92. The van der Waals surface area contributed by atoms with Crippen LogP contribution in [0.2, 0.25) is 0 Å². The van der Waals surface area contributed by atoms with Crippen LogP contribution >= 0.6 is 0 Å². The fourth-order valence-corrected chi connectivity index (χ4v) is 1.45. The number of unbranched alkanes of at least 4 members (excludes halogenated alkanes) is 1. The predicted molar refractivity (Wildman–Crippen MR) is 48.2 cm³/mol. The minimum absolute atomic E-state index is 0.197. The van der Waals surface area contributed by atoms with Gasteiger partial charge in [0.25, 0.3) is 0 Å². The van der Waals surface area contributed by atoms with Gasteiger partial charge in [-0.2, -0.15) is 0 Å². The molecular formula is C9H14N2O2. The van der Waals surface area contributed by atoms with Gasteiger partial charge in [0, 0.05) is 12.3 Å². The summed E-state index contributed by atoms with van der Waals surface area (Å²) < 4.78 is 0. The van der Waals surface area contributed by atoms with Crippen molar-refractivity contribution in [1.82, 2.24) is 5.01 Å². The zero-order valence-corrected chi connectivity index (χ0v) is 7.53. The van der Waals surface area contributed by atoms with E-state index >= 15 is 0 Å². The molecule has 0 bridgehead atoms. The molecule has 4 heteroatoms. The highest BCUT2D eigenvalue weighted by atomic mass is 16.2. The van der Waals surface area contributed by atoms with Crippen LogP contribution in [0.3, 0.4) is 0 Å². The third-order valence-electron chi connectivity index (χ3n) is 2.24. The van der Waals surface area contributed by atoms with Crippen LogP contribution in [0.15, 0.2) is 12.7 Å². The van der Waals surface area contributed by atoms with Gasteiger partial charge in [-0.25, -0.2) is 10.9 Å². The van der Waals surface area contributed by atoms with E-state index in [2.05, 4.69) is 6.58 Å². The summed E-state index contributed by atoms with van der Waals surface area (Å²) >= 11 is 0. The van der Waals surface area contributed by atoms with E-state index < -0.39 is 0 Å². The van der Waals surface area contributed by atoms with Crippen molar-refractivity contribution in [3.8, 4) is 0 Å². The first-order chi connectivity index (χ1) is 6.16. The van der Waals surface area contributed by atoms with Crippen molar-refractivity contribution in [3.05, 3.63) is 12.7 Å². The first-order valence-corrected chi connectivity index (χ1v) is 4.39. The maximum atomic E-state index is 11.3. The fraction of sp³-hybridized carbons (Fsp3) is 0.556. The van der Waals surface area contributed by atoms with Crippen LogP contribution in [0.1, 0.15) is 25.7 Å². The molecule has 1 unspecified atom stereocenters. The molecule has 1 heterocycles. The highest BCUT2D eigenvalue weighted by Gasteiger charge is 2.35. The van der Waals surface area contributed by atoms with Crippen molar-refractivity contribution < 1.29 is 9.59 Å². The van der Waals surface area contributed by atoms with Crippen LogP contribution < -0.4 is 5.84 Å². The third kappa shape index (κ3) is 2.15. The van der Waals surface area contributed by atoms with Crippen molar-refractivity contribution in [2.24, 2.45) is 11.8 Å². The smallest absolute Gasteiger partial charge is 0.247 e. The molecule has 0 aromatic heterocycles. The van der Waals surface area contributed by atoms with E-state index in [1.54, 1.807) is 0 Å². The van der Waals surface area contributed by atoms with Crippen molar-refractivity contribution in [2.45, 2.75) is 25.7 Å². The quantitative estimate of drug-likeness (QED) is 0.227. The molecule has 4 nitrogen and oxygen atoms in total. The second kappa shape index (κ2) is 4.18. The van der Waals surface area contributed by atoms with Gasteiger partial charge in [-0.1, -0.05) is 6.08 Å². The average molecular weight is 182 g/mol. The Hall–Kier alpha value is -1.16. The van der Waals surface area contributed by atoms with E-state index in [0.29, 0.717) is 0 Å². The Morgan fingerprint density at radius 1 is 1.62 bits per heavy atom. The largest absolute Gasteiger partial charge is 0.273 e. The molecule has 0 radical (unpaired) electrons. The first-order valence-electron chi connectivity index (χ1n) is 4.39. The van der Waals surface area contributed by atoms with Gasteiger partial charge in [0.1, 0.15) is 0 Å². The normalized spacial score (nSPS) is 22.5. The summed E-state index contributed by atoms with van der Waals surface area (Å²) in [5.41, 5.74) is 0. The second-order valence-electron chi connectivity index (χ2n) is 3.22. The van der Waals surface area contributed by atoms with Gasteiger partial charge in [0.2, 0.25) is 11.8 Å². The Bertz CT molecular complexity index is 238. The minimum Gasteiger partial charge on any atom is -0.273 e. The van der Waals surface area contributed by atoms with Gasteiger partial charge in [-0.3, -0.25) is 9.59 Å². The zero-order valence-electron chi connectivity index (χ0n) is 7.53. The number of nitrogens with zero attached hydrogens (tertiary/aromatic N) is 1. The summed E-state index contributed by atoms with van der Waals surface area (Å²) in [5, 5.41) is 0.735. The molecule has 0 aromatic rings. The number of carbonyl (C=O) groups is 2. The molecule has 1 fully saturated rings. The molecule has 2 amide bonds. The third-order valence-corrected chi connectivity index (χ3v) is 2.24. The van der Waals surface area contributed by atoms with Crippen molar-refractivity contribution in [3.63, 3.8) is 0 Å². The number of amides is 2. The SMILES string of the molecule is C=CCCCC1CC(=O)N(N)C1=O. The molecule has 1 saturated heterocycles. The molecule has 1 aliphatic rings. The van der Waals surface area contributed by atoms with Gasteiger partial charge >= 0.3 is 0 Å². The Balaban J connectivity index is 2.40. The van der Waals surface area contributed by atoms with Crippen molar-refractivity contribution in [1.29, 1.82) is 0 Å². The Kier molecular flexibility index (Phi) is 3.19. The lowest BCUT2D eigenvalue weighted by Gasteiger charge is -2.06. The van der Waals surface area contributed by atoms with Crippen LogP contribution in [-0.4, -0.2) is 16.8 Å². The van der Waals surface area contributed by atoms with E-state index in [1.165, 1.54) is 0 Å². The van der Waals surface area contributed by atoms with Gasteiger partial charge in [-0.15, -0.1) is 6.58 Å². The Morgan fingerprint density at radius 2 is 2.31 bits per heavy atom. The molecule has 13 heavy (non-hydrogen) atoms. The molecule has 0 saturated carbocycles. The molecule has 1 aliphatic heterocycles. The van der Waals surface area contributed by atoms with E-state index in [4.69, 9.17) is 5.84 Å². The number of rotatable bonds is 4. The summed E-state index contributed by atoms with van der Waals surface area (Å²) in [7, 11) is 0. The van der Waals surface area contributed by atoms with E-state index in [0.717, 1.165) is 24.3 Å². The molecular weight excluding hydrogens is 168 g/mol. The van der Waals surface area contributed by atoms with E-state index in [1.807, 2.05) is 6.08 Å². The van der Waals surface area contributed by atoms with Gasteiger partial charge in [0.15, 0.2) is 0 Å². The second-order valence-corrected chi connectivity index (χ2v) is 3.22. The standard InChI is InChI=1S/C9H14N2O2/c1-2-3-4-5-7-6-8(12)11(10)9(7)13/h2,7H,1,3-6,10H2. The number of carbonyl (C=O) groups excluding carboxylic acids is 2. The maximum absolute atomic E-state index is 11.3. The summed E-state index contributed by atoms with van der Waals surface area (Å²) in [5.74, 6) is 4.52. The lowest BCUT2D eigenvalue weighted by atomic mass is 10.0. The van der Waals surface area contributed by atoms with E-state index in [-0.39, 0.29) is 24.2 Å². The van der Waals surface area contributed by atoms with Crippen LogP contribution in [0, 0.1) is 5.92 Å². The highest BCUT2D eigenvalue weighted by Crippen LogP contribution is 2.21. The van der Waals surface area contributed by atoms with Crippen molar-refractivity contribution >= 4 is 11.8 Å². The number of hydrogen-bond donors (Lipinski definition) is 1. The Morgan fingerprint density at radius 3 is 2.77 bits per heavy atom. The topological polar surface area (TPSA) is 63.4 Å². The molecule has 0 spiro atoms. The van der Waals surface area contributed by atoms with Crippen LogP contribution in [0.4, 0.5) is 0 Å². The summed E-state index contributed by atoms with van der Waals surface area (Å²) in [4.78, 5) is 22.3. The molecule has 1 rings (SSSR count). The van der Waals surface area contributed by atoms with Crippen LogP contribution in [-0.2, 0) is 9.59 Å². The number of hydrazine groups is 1. The monoisotopic (exact) mass is 182 g/mol. The van der Waals surface area contributed by atoms with Gasteiger partial charge < -0.3 is 0 Å². The van der Waals surface area contributed by atoms with E-state index in [9.17, 15) is 9.59 Å². The van der Waals surface area contributed by atoms with Crippen LogP contribution in [0.25, 0.3) is 0 Å². The number of imide groups is 1. The molecule has 2 N–H and O–H groups in total. The average Bonchev–Trinajstić information content (AvgIpc) is 2.34. The number of nitrogens with two attached hydrogens (primary N) is 1. The van der Waals surface area contributed by atoms with Crippen LogP contribution in [0.5, 0.6) is 0 Å². The molecule has 1 atom stereocenters. The predicted octanol–water partition coefficient (Wildman–Crippen LogP) is 0.592. The summed E-state index contributed by atoms with van der Waals surface area (Å²) in [6.45, 7) is 3.59. The molecule has 72 valence electrons. The highest BCUT2D eigenvalue weighted by molar-refractivity contribution is 6.02. The summed E-state index contributed by atoms with van der Waals surface area (Å²) in [6, 6.07) is 0. The molecule has 0 aliphatic carbocycles. The Labute approximate surface area is 77.4 Å². The van der Waals surface area contributed by atoms with Crippen molar-refractivity contribution in [2.75, 3.05) is 0 Å². The minimum atomic E-state index is -0.270. The number of hydrogen-bond acceptors (Lipinski definition) is 3. The number of allylic oxidation sites excluding steroid dienone is 1. The zero-order chi connectivity index (χ0) is 9.84. The molecule has 0 aromatic carbocycles. The maximum Gasteiger partial charge on any atom is 0.247 e. The fourth-order valence-electron chi connectivity index (χ4n) is 1.45. The lowest BCUT2D eigenvalue weighted by Crippen LogP contribution is -2.37. The van der Waals surface area contributed by atoms with Gasteiger partial charge in [-0.05, 0) is 19.3 Å². The van der Waals surface area contributed by atoms with Gasteiger partial charge in [0.05, 0.1) is 0 Å². The lowest BCUT2D eigenvalue weighted by molar-refractivity contribution is -0.139. The summed E-state index contributed by atoms with van der Waals surface area (Å²) in [6.07, 6.45) is 4.57.